The van der Waals surface area contributed by atoms with Gasteiger partial charge in [0.1, 0.15) is 17.4 Å². The number of nitrogens with one attached hydrogen (secondary N) is 1. The van der Waals surface area contributed by atoms with Crippen LogP contribution in [0, 0.1) is 11.6 Å². The molecule has 0 aliphatic carbocycles. The van der Waals surface area contributed by atoms with Gasteiger partial charge in [-0.15, -0.1) is 0 Å². The van der Waals surface area contributed by atoms with Gasteiger partial charge < -0.3 is 19.6 Å². The van der Waals surface area contributed by atoms with Crippen LogP contribution in [0.2, 0.25) is 0 Å². The third kappa shape index (κ3) is 3.87. The first-order chi connectivity index (χ1) is 10.0. The highest BCUT2D eigenvalue weighted by Gasteiger charge is 2.49. The first-order valence-corrected chi connectivity index (χ1v) is 8.01. The van der Waals surface area contributed by atoms with Crippen molar-refractivity contribution in [2.45, 2.75) is 31.5 Å². The van der Waals surface area contributed by atoms with Crippen molar-refractivity contribution in [1.82, 2.24) is 9.55 Å². The lowest BCUT2D eigenvalue weighted by molar-refractivity contribution is -0.178. The first-order valence-electron chi connectivity index (χ1n) is 6.08. The Balaban J connectivity index is 2.24. The first kappa shape index (κ1) is 17.4. The zero-order valence-electron chi connectivity index (χ0n) is 11.3. The van der Waals surface area contributed by atoms with Crippen molar-refractivity contribution in [1.29, 1.82) is 0 Å². The number of hydrogen-bond acceptors (Lipinski definition) is 6. The number of aliphatic hydroxyl groups excluding tert-OH is 1. The SMILES string of the molecule is Cc1cn([C@@H]2O[C@](F)(COP(=O)(O)O)C[C@H]2O)c(=O)[nH]c1=S. The Labute approximate surface area is 128 Å². The Hall–Kier alpha value is -0.940. The number of aromatic nitrogens is 2. The van der Waals surface area contributed by atoms with E-state index in [9.17, 15) is 18.9 Å². The van der Waals surface area contributed by atoms with Crippen LogP contribution in [0.5, 0.6) is 0 Å². The summed E-state index contributed by atoms with van der Waals surface area (Å²) in [4.78, 5) is 31.3. The number of aromatic amines is 1. The van der Waals surface area contributed by atoms with Crippen molar-refractivity contribution in [2.24, 2.45) is 0 Å². The lowest BCUT2D eigenvalue weighted by Gasteiger charge is -2.21. The highest BCUT2D eigenvalue weighted by molar-refractivity contribution is 7.71. The average Bonchev–Trinajstić information content (AvgIpc) is 2.67. The summed E-state index contributed by atoms with van der Waals surface area (Å²) < 4.78 is 35.1. The van der Waals surface area contributed by atoms with E-state index in [1.54, 1.807) is 6.92 Å². The molecule has 1 aliphatic heterocycles. The molecular formula is C10H14FN2O7PS. The predicted molar refractivity (Wildman–Crippen MR) is 73.2 cm³/mol. The molecular weight excluding hydrogens is 342 g/mol. The average molecular weight is 356 g/mol. The maximum atomic E-state index is 14.3. The van der Waals surface area contributed by atoms with E-state index in [1.165, 1.54) is 6.20 Å². The summed E-state index contributed by atoms with van der Waals surface area (Å²) in [6, 6.07) is 0. The Bertz CT molecular complexity index is 731. The molecule has 1 aromatic rings. The van der Waals surface area contributed by atoms with Crippen LogP contribution >= 0.6 is 20.0 Å². The third-order valence-electron chi connectivity index (χ3n) is 3.04. The number of rotatable bonds is 4. The minimum atomic E-state index is -4.89. The maximum absolute atomic E-state index is 14.3. The van der Waals surface area contributed by atoms with Gasteiger partial charge in [-0.1, -0.05) is 12.2 Å². The van der Waals surface area contributed by atoms with Crippen LogP contribution in [-0.2, 0) is 13.8 Å². The van der Waals surface area contributed by atoms with Crippen molar-refractivity contribution in [3.63, 3.8) is 0 Å². The highest BCUT2D eigenvalue weighted by Crippen LogP contribution is 2.43. The number of phosphoric acid groups is 1. The van der Waals surface area contributed by atoms with Gasteiger partial charge in [-0.3, -0.25) is 14.1 Å². The van der Waals surface area contributed by atoms with Gasteiger partial charge >= 0.3 is 13.5 Å². The molecule has 12 heteroatoms. The zero-order valence-corrected chi connectivity index (χ0v) is 13.0. The van der Waals surface area contributed by atoms with E-state index < -0.39 is 44.7 Å². The molecule has 2 heterocycles. The van der Waals surface area contributed by atoms with Crippen LogP contribution in [0.3, 0.4) is 0 Å². The fourth-order valence-corrected chi connectivity index (χ4v) is 2.55. The molecule has 0 spiro atoms. The monoisotopic (exact) mass is 356 g/mol. The largest absolute Gasteiger partial charge is 0.469 e. The van der Waals surface area contributed by atoms with E-state index in [2.05, 4.69) is 9.51 Å². The zero-order chi connectivity index (χ0) is 16.7. The quantitative estimate of drug-likeness (QED) is 0.446. The Morgan fingerprint density at radius 3 is 2.91 bits per heavy atom. The van der Waals surface area contributed by atoms with Gasteiger partial charge in [-0.05, 0) is 6.92 Å². The fraction of sp³-hybridized carbons (Fsp3) is 0.600. The molecule has 2 rings (SSSR count). The summed E-state index contributed by atoms with van der Waals surface area (Å²) in [5, 5.41) is 9.88. The van der Waals surface area contributed by atoms with Gasteiger partial charge in [-0.2, -0.15) is 0 Å². The number of alkyl halides is 1. The van der Waals surface area contributed by atoms with Gasteiger partial charge in [-0.25, -0.2) is 13.8 Å². The molecule has 4 N–H and O–H groups in total. The molecule has 22 heavy (non-hydrogen) atoms. The minimum absolute atomic E-state index is 0.199. The number of phosphoric ester groups is 1. The fourth-order valence-electron chi connectivity index (χ4n) is 2.05. The molecule has 1 fully saturated rings. The molecule has 124 valence electrons. The molecule has 1 aromatic heterocycles. The molecule has 0 amide bonds. The summed E-state index contributed by atoms with van der Waals surface area (Å²) in [7, 11) is -4.89. The number of H-pyrrole nitrogens is 1. The van der Waals surface area contributed by atoms with E-state index >= 15 is 0 Å². The van der Waals surface area contributed by atoms with E-state index in [-0.39, 0.29) is 4.64 Å². The van der Waals surface area contributed by atoms with Crippen LogP contribution in [0.15, 0.2) is 11.0 Å². The van der Waals surface area contributed by atoms with Crippen molar-refractivity contribution < 1.29 is 33.1 Å². The Morgan fingerprint density at radius 2 is 2.32 bits per heavy atom. The maximum Gasteiger partial charge on any atom is 0.469 e. The lowest BCUT2D eigenvalue weighted by atomic mass is 10.2. The normalized spacial score (nSPS) is 29.0. The molecule has 1 saturated heterocycles. The number of hydrogen-bond donors (Lipinski definition) is 4. The molecule has 1 aliphatic rings. The Morgan fingerprint density at radius 1 is 1.68 bits per heavy atom. The summed E-state index contributed by atoms with van der Waals surface area (Å²) >= 11 is 4.88. The van der Waals surface area contributed by atoms with Crippen molar-refractivity contribution in [3.8, 4) is 0 Å². The van der Waals surface area contributed by atoms with Crippen LogP contribution in [0.4, 0.5) is 4.39 Å². The number of ether oxygens (including phenoxy) is 1. The molecule has 0 radical (unpaired) electrons. The standard InChI is InChI=1S/C10H14FN2O7PS/c1-5-3-13(9(15)12-7(5)22)8-6(14)2-10(11,20-8)4-19-21(16,17)18/h3,6,8,14H,2,4H2,1H3,(H,12,15,22)(H2,16,17,18)/t6-,8-,10+/m1/s1. The van der Waals surface area contributed by atoms with Crippen LogP contribution < -0.4 is 5.69 Å². The second-order valence-electron chi connectivity index (χ2n) is 4.91. The molecule has 9 nitrogen and oxygen atoms in total. The van der Waals surface area contributed by atoms with Crippen LogP contribution in [0.25, 0.3) is 0 Å². The number of aliphatic hydroxyl groups is 1. The predicted octanol–water partition coefficient (Wildman–Crippen LogP) is 0.269. The van der Waals surface area contributed by atoms with Crippen molar-refractivity contribution in [2.75, 3.05) is 6.61 Å². The second kappa shape index (κ2) is 5.93. The smallest absolute Gasteiger partial charge is 0.388 e. The third-order valence-corrected chi connectivity index (χ3v) is 3.93. The van der Waals surface area contributed by atoms with Crippen molar-refractivity contribution in [3.05, 3.63) is 26.9 Å². The van der Waals surface area contributed by atoms with E-state index in [0.717, 1.165) is 4.57 Å². The van der Waals surface area contributed by atoms with E-state index in [1.807, 2.05) is 0 Å². The van der Waals surface area contributed by atoms with Crippen LogP contribution in [-0.4, -0.2) is 43.0 Å². The number of aryl methyl sites for hydroxylation is 1. The van der Waals surface area contributed by atoms with E-state index in [4.69, 9.17) is 26.7 Å². The molecule has 0 bridgehead atoms. The Kier molecular flexibility index (Phi) is 4.69. The number of nitrogens with zero attached hydrogens (tertiary/aromatic N) is 1. The van der Waals surface area contributed by atoms with Gasteiger partial charge in [0.05, 0.1) is 0 Å². The summed E-state index contributed by atoms with van der Waals surface area (Å²) in [5.74, 6) is -2.63. The molecule has 3 atom stereocenters. The van der Waals surface area contributed by atoms with Gasteiger partial charge in [0.25, 0.3) is 0 Å². The lowest BCUT2D eigenvalue weighted by Crippen LogP contribution is -2.33. The van der Waals surface area contributed by atoms with Gasteiger partial charge in [0.2, 0.25) is 5.85 Å². The minimum Gasteiger partial charge on any atom is -0.388 e. The molecule has 0 unspecified atom stereocenters. The van der Waals surface area contributed by atoms with Gasteiger partial charge in [0.15, 0.2) is 6.23 Å². The topological polar surface area (TPSA) is 134 Å². The summed E-state index contributed by atoms with van der Waals surface area (Å²) in [5.41, 5.74) is -0.201. The number of halogens is 1. The summed E-state index contributed by atoms with van der Waals surface area (Å²) in [6.45, 7) is 0.525. The molecule has 0 saturated carbocycles. The van der Waals surface area contributed by atoms with Crippen molar-refractivity contribution >= 4 is 20.0 Å². The van der Waals surface area contributed by atoms with E-state index in [0.29, 0.717) is 5.56 Å². The van der Waals surface area contributed by atoms with Crippen LogP contribution in [0.1, 0.15) is 18.2 Å². The second-order valence-corrected chi connectivity index (χ2v) is 6.55. The van der Waals surface area contributed by atoms with Gasteiger partial charge in [0, 0.05) is 18.2 Å². The highest BCUT2D eigenvalue weighted by atomic mass is 32.1. The summed E-state index contributed by atoms with van der Waals surface area (Å²) in [6.07, 6.45) is -2.10. The molecule has 0 aromatic carbocycles.